The number of aromatic nitrogens is 1. The SMILES string of the molecule is COC1(Cc2cscn2)CCNCC1. The van der Waals surface area contributed by atoms with Gasteiger partial charge in [0.25, 0.3) is 0 Å². The minimum absolute atomic E-state index is 0.0271. The van der Waals surface area contributed by atoms with Crippen molar-refractivity contribution in [2.75, 3.05) is 20.2 Å². The summed E-state index contributed by atoms with van der Waals surface area (Å²) >= 11 is 1.66. The van der Waals surface area contributed by atoms with Gasteiger partial charge in [-0.1, -0.05) is 0 Å². The molecule has 1 aliphatic rings. The highest BCUT2D eigenvalue weighted by atomic mass is 32.1. The Balaban J connectivity index is 2.04. The van der Waals surface area contributed by atoms with Gasteiger partial charge in [-0.25, -0.2) is 4.98 Å². The van der Waals surface area contributed by atoms with E-state index in [0.717, 1.165) is 32.4 Å². The zero-order chi connectivity index (χ0) is 9.86. The molecule has 0 saturated carbocycles. The van der Waals surface area contributed by atoms with E-state index in [9.17, 15) is 0 Å². The second-order valence-electron chi connectivity index (χ2n) is 3.79. The van der Waals surface area contributed by atoms with Gasteiger partial charge in [-0.2, -0.15) is 0 Å². The Kier molecular flexibility index (Phi) is 3.15. The van der Waals surface area contributed by atoms with Crippen LogP contribution in [0, 0.1) is 0 Å². The maximum atomic E-state index is 5.68. The van der Waals surface area contributed by atoms with E-state index in [4.69, 9.17) is 4.74 Å². The topological polar surface area (TPSA) is 34.1 Å². The van der Waals surface area contributed by atoms with E-state index in [0.29, 0.717) is 0 Å². The van der Waals surface area contributed by atoms with Gasteiger partial charge < -0.3 is 10.1 Å². The highest BCUT2D eigenvalue weighted by Crippen LogP contribution is 2.26. The average molecular weight is 212 g/mol. The van der Waals surface area contributed by atoms with Crippen LogP contribution in [-0.4, -0.2) is 30.8 Å². The number of rotatable bonds is 3. The zero-order valence-electron chi connectivity index (χ0n) is 8.45. The Bertz CT molecular complexity index is 268. The van der Waals surface area contributed by atoms with Gasteiger partial charge in [0.1, 0.15) is 0 Å². The van der Waals surface area contributed by atoms with Crippen LogP contribution in [0.15, 0.2) is 10.9 Å². The van der Waals surface area contributed by atoms with Gasteiger partial charge in [0.05, 0.1) is 16.8 Å². The van der Waals surface area contributed by atoms with E-state index in [1.807, 2.05) is 12.6 Å². The third-order valence-electron chi connectivity index (χ3n) is 2.93. The fraction of sp³-hybridized carbons (Fsp3) is 0.700. The number of ether oxygens (including phenoxy) is 1. The highest BCUT2D eigenvalue weighted by molar-refractivity contribution is 7.07. The summed E-state index contributed by atoms with van der Waals surface area (Å²) in [6, 6.07) is 0. The molecule has 14 heavy (non-hydrogen) atoms. The summed E-state index contributed by atoms with van der Waals surface area (Å²) < 4.78 is 5.68. The standard InChI is InChI=1S/C10H16N2OS/c1-13-10(2-4-11-5-3-10)6-9-7-14-8-12-9/h7-8,11H,2-6H2,1H3. The van der Waals surface area contributed by atoms with Crippen LogP contribution >= 0.6 is 11.3 Å². The van der Waals surface area contributed by atoms with Crippen LogP contribution in [0.2, 0.25) is 0 Å². The zero-order valence-corrected chi connectivity index (χ0v) is 9.27. The maximum absolute atomic E-state index is 5.68. The fourth-order valence-electron chi connectivity index (χ4n) is 1.99. The molecule has 3 nitrogen and oxygen atoms in total. The van der Waals surface area contributed by atoms with E-state index in [-0.39, 0.29) is 5.60 Å². The lowest BCUT2D eigenvalue weighted by atomic mass is 9.88. The molecule has 0 radical (unpaired) electrons. The molecule has 1 aromatic rings. The molecule has 2 heterocycles. The Labute approximate surface area is 88.5 Å². The molecule has 1 fully saturated rings. The van der Waals surface area contributed by atoms with Crippen molar-refractivity contribution in [3.05, 3.63) is 16.6 Å². The number of thiazole rings is 1. The summed E-state index contributed by atoms with van der Waals surface area (Å²) in [5.74, 6) is 0. The third kappa shape index (κ3) is 2.13. The number of methoxy groups -OCH3 is 1. The van der Waals surface area contributed by atoms with E-state index < -0.39 is 0 Å². The Morgan fingerprint density at radius 3 is 2.93 bits per heavy atom. The molecule has 1 aromatic heterocycles. The van der Waals surface area contributed by atoms with Crippen molar-refractivity contribution in [3.63, 3.8) is 0 Å². The first-order chi connectivity index (χ1) is 6.85. The largest absolute Gasteiger partial charge is 0.378 e. The Morgan fingerprint density at radius 1 is 1.57 bits per heavy atom. The van der Waals surface area contributed by atoms with Gasteiger partial charge in [-0.05, 0) is 25.9 Å². The lowest BCUT2D eigenvalue weighted by Gasteiger charge is -2.35. The number of hydrogen-bond donors (Lipinski definition) is 1. The molecule has 1 aliphatic heterocycles. The van der Waals surface area contributed by atoms with Gasteiger partial charge in [-0.3, -0.25) is 0 Å². The lowest BCUT2D eigenvalue weighted by Crippen LogP contribution is -2.45. The summed E-state index contributed by atoms with van der Waals surface area (Å²) in [6.45, 7) is 2.11. The van der Waals surface area contributed by atoms with E-state index >= 15 is 0 Å². The average Bonchev–Trinajstić information content (AvgIpc) is 2.72. The molecule has 0 aromatic carbocycles. The van der Waals surface area contributed by atoms with Gasteiger partial charge in [0, 0.05) is 18.9 Å². The summed E-state index contributed by atoms with van der Waals surface area (Å²) in [4.78, 5) is 4.32. The second kappa shape index (κ2) is 4.38. The lowest BCUT2D eigenvalue weighted by molar-refractivity contribution is -0.0339. The van der Waals surface area contributed by atoms with Crippen molar-refractivity contribution in [2.45, 2.75) is 24.9 Å². The van der Waals surface area contributed by atoms with Gasteiger partial charge >= 0.3 is 0 Å². The molecular formula is C10H16N2OS. The van der Waals surface area contributed by atoms with Gasteiger partial charge in [-0.15, -0.1) is 11.3 Å². The van der Waals surface area contributed by atoms with Gasteiger partial charge in [0.2, 0.25) is 0 Å². The summed E-state index contributed by atoms with van der Waals surface area (Å²) in [5, 5.41) is 5.47. The number of hydrogen-bond acceptors (Lipinski definition) is 4. The van der Waals surface area contributed by atoms with Crippen LogP contribution in [0.4, 0.5) is 0 Å². The monoisotopic (exact) mass is 212 g/mol. The minimum atomic E-state index is 0.0271. The normalized spacial score (nSPS) is 20.9. The molecule has 0 aliphatic carbocycles. The second-order valence-corrected chi connectivity index (χ2v) is 4.51. The van der Waals surface area contributed by atoms with Crippen molar-refractivity contribution < 1.29 is 4.74 Å². The first-order valence-electron chi connectivity index (χ1n) is 4.98. The van der Waals surface area contributed by atoms with Crippen molar-refractivity contribution in [3.8, 4) is 0 Å². The summed E-state index contributed by atoms with van der Waals surface area (Å²) in [7, 11) is 1.82. The maximum Gasteiger partial charge on any atom is 0.0794 e. The van der Waals surface area contributed by atoms with Crippen LogP contribution in [-0.2, 0) is 11.2 Å². The third-order valence-corrected chi connectivity index (χ3v) is 3.57. The number of piperidine rings is 1. The molecule has 1 saturated heterocycles. The molecular weight excluding hydrogens is 196 g/mol. The Hall–Kier alpha value is -0.450. The van der Waals surface area contributed by atoms with Gasteiger partial charge in [0.15, 0.2) is 0 Å². The van der Waals surface area contributed by atoms with Crippen molar-refractivity contribution in [1.82, 2.24) is 10.3 Å². The van der Waals surface area contributed by atoms with Crippen LogP contribution in [0.1, 0.15) is 18.5 Å². The first-order valence-corrected chi connectivity index (χ1v) is 5.92. The van der Waals surface area contributed by atoms with E-state index in [1.54, 1.807) is 11.3 Å². The predicted octanol–water partition coefficient (Wildman–Crippen LogP) is 1.45. The molecule has 2 rings (SSSR count). The van der Waals surface area contributed by atoms with Crippen molar-refractivity contribution >= 4 is 11.3 Å². The van der Waals surface area contributed by atoms with Crippen LogP contribution in [0.5, 0.6) is 0 Å². The van der Waals surface area contributed by atoms with E-state index in [2.05, 4.69) is 15.7 Å². The van der Waals surface area contributed by atoms with Crippen LogP contribution in [0.25, 0.3) is 0 Å². The number of nitrogens with one attached hydrogen (secondary N) is 1. The highest BCUT2D eigenvalue weighted by Gasteiger charge is 2.32. The quantitative estimate of drug-likeness (QED) is 0.823. The van der Waals surface area contributed by atoms with Crippen LogP contribution in [0.3, 0.4) is 0 Å². The molecule has 0 amide bonds. The fourth-order valence-corrected chi connectivity index (χ4v) is 2.55. The summed E-state index contributed by atoms with van der Waals surface area (Å²) in [6.07, 6.45) is 3.12. The smallest absolute Gasteiger partial charge is 0.0794 e. The summed E-state index contributed by atoms with van der Waals surface area (Å²) in [5.41, 5.74) is 3.08. The molecule has 0 spiro atoms. The Morgan fingerprint density at radius 2 is 2.36 bits per heavy atom. The molecule has 78 valence electrons. The molecule has 1 N–H and O–H groups in total. The van der Waals surface area contributed by atoms with Crippen molar-refractivity contribution in [2.24, 2.45) is 0 Å². The molecule has 0 bridgehead atoms. The van der Waals surface area contributed by atoms with E-state index in [1.165, 1.54) is 5.69 Å². The first kappa shape index (κ1) is 10.1. The molecule has 0 unspecified atom stereocenters. The minimum Gasteiger partial charge on any atom is -0.378 e. The molecule has 0 atom stereocenters. The number of nitrogens with zero attached hydrogens (tertiary/aromatic N) is 1. The van der Waals surface area contributed by atoms with Crippen LogP contribution < -0.4 is 5.32 Å². The molecule has 4 heteroatoms. The predicted molar refractivity (Wildman–Crippen MR) is 57.7 cm³/mol. The van der Waals surface area contributed by atoms with Crippen molar-refractivity contribution in [1.29, 1.82) is 0 Å².